The van der Waals surface area contributed by atoms with E-state index in [1.165, 1.54) is 51.4 Å². The van der Waals surface area contributed by atoms with Crippen LogP contribution in [-0.2, 0) is 9.53 Å². The number of ether oxygens (including phenoxy) is 1. The van der Waals surface area contributed by atoms with Crippen LogP contribution in [0.3, 0.4) is 0 Å². The Labute approximate surface area is 152 Å². The second kappa shape index (κ2) is 5.04. The van der Waals surface area contributed by atoms with Gasteiger partial charge in [-0.15, -0.1) is 0 Å². The predicted molar refractivity (Wildman–Crippen MR) is 96.8 cm³/mol. The zero-order valence-electron chi connectivity index (χ0n) is 15.8. The van der Waals surface area contributed by atoms with Crippen LogP contribution in [0.4, 0.5) is 0 Å². The third-order valence-corrected chi connectivity index (χ3v) is 9.95. The molecule has 7 rings (SSSR count). The Morgan fingerprint density at radius 3 is 2.20 bits per heavy atom. The average Bonchev–Trinajstić information content (AvgIpc) is 3.25. The van der Waals surface area contributed by atoms with E-state index in [4.69, 9.17) is 4.74 Å². The third-order valence-electron chi connectivity index (χ3n) is 9.95. The number of rotatable bonds is 3. The third kappa shape index (κ3) is 2.00. The van der Waals surface area contributed by atoms with Crippen LogP contribution in [0, 0.1) is 46.8 Å². The number of hydrogen-bond donors (Lipinski definition) is 0. The highest BCUT2D eigenvalue weighted by Crippen LogP contribution is 2.66. The van der Waals surface area contributed by atoms with Crippen molar-refractivity contribution in [2.75, 3.05) is 0 Å². The maximum atomic E-state index is 13.6. The summed E-state index contributed by atoms with van der Waals surface area (Å²) in [7, 11) is 0. The van der Waals surface area contributed by atoms with Crippen molar-refractivity contribution in [3.63, 3.8) is 0 Å². The van der Waals surface area contributed by atoms with Gasteiger partial charge in [0.25, 0.3) is 0 Å². The van der Waals surface area contributed by atoms with Gasteiger partial charge in [0.2, 0.25) is 0 Å². The van der Waals surface area contributed by atoms with Crippen molar-refractivity contribution in [3.8, 4) is 0 Å². The molecule has 5 atom stereocenters. The maximum Gasteiger partial charge on any atom is 0.312 e. The molecule has 0 aromatic heterocycles. The summed E-state index contributed by atoms with van der Waals surface area (Å²) in [6.45, 7) is 2.29. The molecule has 2 nitrogen and oxygen atoms in total. The first-order valence-electron chi connectivity index (χ1n) is 11.3. The molecule has 6 bridgehead atoms. The Kier molecular flexibility index (Phi) is 3.13. The Balaban J connectivity index is 1.26. The Hall–Kier alpha value is -0.530. The largest absolute Gasteiger partial charge is 0.458 e. The van der Waals surface area contributed by atoms with Crippen LogP contribution in [-0.4, -0.2) is 11.6 Å². The molecule has 0 heterocycles. The highest BCUT2D eigenvalue weighted by atomic mass is 16.6. The molecular weight excluding hydrogens is 308 g/mol. The van der Waals surface area contributed by atoms with Gasteiger partial charge >= 0.3 is 5.97 Å². The van der Waals surface area contributed by atoms with Crippen LogP contribution in [0.5, 0.6) is 0 Å². The number of esters is 1. The first kappa shape index (κ1) is 15.5. The Morgan fingerprint density at radius 2 is 1.56 bits per heavy atom. The van der Waals surface area contributed by atoms with E-state index in [1.807, 2.05) is 0 Å². The van der Waals surface area contributed by atoms with Gasteiger partial charge in [0.1, 0.15) is 5.60 Å². The standard InChI is InChI=1S/C23H34O2/c1-2-23(13-17-9-20(23)19-5-3-4-18(17)19)25-21(24)22-10-14-6-15(11-22)8-16(7-14)12-22/h14-20H,2-13H2,1H3/t14?,15?,16?,17-,18+,19+,20-,22?,23+/m0/s1. The molecule has 0 spiro atoms. The fraction of sp³-hybridized carbons (Fsp3) is 0.957. The van der Waals surface area contributed by atoms with E-state index in [-0.39, 0.29) is 17.0 Å². The Bertz CT molecular complexity index is 560. The van der Waals surface area contributed by atoms with Crippen molar-refractivity contribution in [3.05, 3.63) is 0 Å². The molecule has 0 aliphatic heterocycles. The topological polar surface area (TPSA) is 26.3 Å². The average molecular weight is 343 g/mol. The fourth-order valence-electron chi connectivity index (χ4n) is 9.46. The van der Waals surface area contributed by atoms with E-state index >= 15 is 0 Å². The van der Waals surface area contributed by atoms with Gasteiger partial charge in [-0.25, -0.2) is 0 Å². The van der Waals surface area contributed by atoms with E-state index in [9.17, 15) is 4.79 Å². The summed E-state index contributed by atoms with van der Waals surface area (Å²) in [4.78, 5) is 13.6. The van der Waals surface area contributed by atoms with Gasteiger partial charge in [-0.1, -0.05) is 13.3 Å². The van der Waals surface area contributed by atoms with Crippen LogP contribution in [0.25, 0.3) is 0 Å². The van der Waals surface area contributed by atoms with Crippen LogP contribution in [0.1, 0.15) is 84.0 Å². The number of hydrogen-bond acceptors (Lipinski definition) is 2. The first-order valence-corrected chi connectivity index (χ1v) is 11.3. The minimum Gasteiger partial charge on any atom is -0.458 e. The fourth-order valence-corrected chi connectivity index (χ4v) is 9.46. The second-order valence-corrected chi connectivity index (χ2v) is 11.1. The number of carbonyl (C=O) groups is 1. The number of carbonyl (C=O) groups excluding carboxylic acids is 1. The molecule has 0 N–H and O–H groups in total. The van der Waals surface area contributed by atoms with Gasteiger partial charge in [-0.05, 0) is 106 Å². The summed E-state index contributed by atoms with van der Waals surface area (Å²) in [6, 6.07) is 0. The molecule has 0 unspecified atom stereocenters. The smallest absolute Gasteiger partial charge is 0.312 e. The Morgan fingerprint density at radius 1 is 0.920 bits per heavy atom. The highest BCUT2D eigenvalue weighted by molar-refractivity contribution is 5.78. The van der Waals surface area contributed by atoms with E-state index in [0.29, 0.717) is 5.92 Å². The van der Waals surface area contributed by atoms with E-state index in [1.54, 1.807) is 0 Å². The van der Waals surface area contributed by atoms with Crippen LogP contribution < -0.4 is 0 Å². The van der Waals surface area contributed by atoms with Crippen LogP contribution in [0.15, 0.2) is 0 Å². The first-order chi connectivity index (χ1) is 12.1. The molecule has 7 aliphatic rings. The maximum absolute atomic E-state index is 13.6. The second-order valence-electron chi connectivity index (χ2n) is 11.1. The minimum atomic E-state index is -0.0867. The van der Waals surface area contributed by atoms with Crippen molar-refractivity contribution in [1.82, 2.24) is 0 Å². The quantitative estimate of drug-likeness (QED) is 0.646. The SMILES string of the molecule is CC[C@@]1(OC(=O)C23CC4CC(CC(C4)C2)C3)C[C@@H]2C[C@H]1[C@@H]1CCC[C@H]21. The van der Waals surface area contributed by atoms with Crippen molar-refractivity contribution < 1.29 is 9.53 Å². The lowest BCUT2D eigenvalue weighted by Gasteiger charge is -2.56. The molecule has 0 aromatic rings. The minimum absolute atomic E-state index is 0.0756. The van der Waals surface area contributed by atoms with Gasteiger partial charge in [0.15, 0.2) is 0 Å². The van der Waals surface area contributed by atoms with Gasteiger partial charge in [-0.3, -0.25) is 4.79 Å². The zero-order valence-corrected chi connectivity index (χ0v) is 15.8. The van der Waals surface area contributed by atoms with Crippen molar-refractivity contribution in [2.45, 2.75) is 89.6 Å². The summed E-state index contributed by atoms with van der Waals surface area (Å²) in [5.41, 5.74) is -0.162. The van der Waals surface area contributed by atoms with Crippen molar-refractivity contribution in [2.24, 2.45) is 46.8 Å². The van der Waals surface area contributed by atoms with Crippen molar-refractivity contribution >= 4 is 5.97 Å². The van der Waals surface area contributed by atoms with Crippen molar-refractivity contribution in [1.29, 1.82) is 0 Å². The number of fused-ring (bicyclic) bond motifs is 5. The van der Waals surface area contributed by atoms with Gasteiger partial charge in [0.05, 0.1) is 5.41 Å². The summed E-state index contributed by atoms with van der Waals surface area (Å²) in [6.07, 6.45) is 15.5. The lowest BCUT2D eigenvalue weighted by Crippen LogP contribution is -2.54. The summed E-state index contributed by atoms with van der Waals surface area (Å²) in [5, 5.41) is 0. The zero-order chi connectivity index (χ0) is 16.8. The lowest BCUT2D eigenvalue weighted by molar-refractivity contribution is -0.196. The van der Waals surface area contributed by atoms with E-state index < -0.39 is 0 Å². The molecular formula is C23H34O2. The van der Waals surface area contributed by atoms with Crippen LogP contribution >= 0.6 is 0 Å². The van der Waals surface area contributed by atoms with Gasteiger partial charge in [0, 0.05) is 5.92 Å². The molecule has 2 heteroatoms. The monoisotopic (exact) mass is 342 g/mol. The molecule has 138 valence electrons. The summed E-state index contributed by atoms with van der Waals surface area (Å²) >= 11 is 0. The lowest BCUT2D eigenvalue weighted by atomic mass is 9.49. The molecule has 7 aliphatic carbocycles. The molecule has 0 saturated heterocycles. The molecule has 7 fully saturated rings. The predicted octanol–water partition coefficient (Wildman–Crippen LogP) is 5.35. The molecule has 0 amide bonds. The van der Waals surface area contributed by atoms with Crippen LogP contribution in [0.2, 0.25) is 0 Å². The molecule has 25 heavy (non-hydrogen) atoms. The molecule has 7 saturated carbocycles. The molecule has 0 aromatic carbocycles. The molecule has 0 radical (unpaired) electrons. The normalized spacial score (nSPS) is 57.9. The van der Waals surface area contributed by atoms with Gasteiger partial charge in [-0.2, -0.15) is 0 Å². The summed E-state index contributed by atoms with van der Waals surface area (Å²) < 4.78 is 6.64. The van der Waals surface area contributed by atoms with Gasteiger partial charge < -0.3 is 4.74 Å². The van der Waals surface area contributed by atoms with E-state index in [0.717, 1.165) is 61.2 Å². The van der Waals surface area contributed by atoms with E-state index in [2.05, 4.69) is 6.92 Å². The highest BCUT2D eigenvalue weighted by Gasteiger charge is 2.64. The summed E-state index contributed by atoms with van der Waals surface area (Å²) in [5.74, 6) is 6.14.